The van der Waals surface area contributed by atoms with Gasteiger partial charge in [-0.3, -0.25) is 0 Å². The number of ether oxygens (including phenoxy) is 2. The lowest BCUT2D eigenvalue weighted by Gasteiger charge is -2.16. The van der Waals surface area contributed by atoms with Crippen molar-refractivity contribution in [2.75, 3.05) is 14.2 Å². The minimum absolute atomic E-state index is 0.365. The molecule has 18 heavy (non-hydrogen) atoms. The highest BCUT2D eigenvalue weighted by atomic mass is 127. The summed E-state index contributed by atoms with van der Waals surface area (Å²) in [5.41, 5.74) is 0.668. The number of aromatic nitrogens is 2. The highest BCUT2D eigenvalue weighted by Crippen LogP contribution is 2.34. The predicted molar refractivity (Wildman–Crippen MR) is 77.0 cm³/mol. The van der Waals surface area contributed by atoms with E-state index < -0.39 is 6.10 Å². The van der Waals surface area contributed by atoms with Gasteiger partial charge in [0.2, 0.25) is 11.8 Å². The quantitative estimate of drug-likeness (QED) is 0.594. The number of unbranched alkanes of at least 4 members (excludes halogenated alkanes) is 2. The molecule has 0 spiro atoms. The Morgan fingerprint density at radius 2 is 1.78 bits per heavy atom. The summed E-state index contributed by atoms with van der Waals surface area (Å²) in [5, 5.41) is 18.1. The van der Waals surface area contributed by atoms with Gasteiger partial charge in [-0.1, -0.05) is 26.2 Å². The number of halogens is 1. The maximum atomic E-state index is 10.3. The van der Waals surface area contributed by atoms with E-state index in [9.17, 15) is 5.11 Å². The molecule has 0 amide bonds. The molecule has 1 atom stereocenters. The SMILES string of the molecule is CCCCCC(O)c1c(OC)nnc(OC)c1I. The Morgan fingerprint density at radius 3 is 2.33 bits per heavy atom. The molecule has 0 aliphatic carbocycles. The van der Waals surface area contributed by atoms with Crippen molar-refractivity contribution in [1.29, 1.82) is 0 Å². The second-order valence-electron chi connectivity index (χ2n) is 3.96. The molecule has 0 bridgehead atoms. The molecular weight excluding hydrogens is 347 g/mol. The molecule has 0 aliphatic heterocycles. The monoisotopic (exact) mass is 366 g/mol. The van der Waals surface area contributed by atoms with Gasteiger partial charge in [-0.25, -0.2) is 0 Å². The zero-order valence-corrected chi connectivity index (χ0v) is 13.1. The lowest BCUT2D eigenvalue weighted by molar-refractivity contribution is 0.156. The van der Waals surface area contributed by atoms with Crippen LogP contribution in [0.15, 0.2) is 0 Å². The van der Waals surface area contributed by atoms with E-state index in [0.717, 1.165) is 22.8 Å². The largest absolute Gasteiger partial charge is 0.480 e. The molecule has 6 heteroatoms. The molecule has 102 valence electrons. The number of hydrogen-bond donors (Lipinski definition) is 1. The number of hydrogen-bond acceptors (Lipinski definition) is 5. The average molecular weight is 366 g/mol. The average Bonchev–Trinajstić information content (AvgIpc) is 2.38. The predicted octanol–water partition coefficient (Wildman–Crippen LogP) is 2.71. The summed E-state index contributed by atoms with van der Waals surface area (Å²) in [7, 11) is 3.06. The molecule has 0 radical (unpaired) electrons. The van der Waals surface area contributed by atoms with E-state index in [1.54, 1.807) is 0 Å². The standard InChI is InChI=1S/C12H19IN2O3/c1-4-5-6-7-8(16)9-10(13)12(18-3)15-14-11(9)17-2/h8,16H,4-7H2,1-3H3. The molecule has 0 saturated carbocycles. The summed E-state index contributed by atoms with van der Waals surface area (Å²) in [6.07, 6.45) is 3.30. The van der Waals surface area contributed by atoms with Crippen LogP contribution < -0.4 is 9.47 Å². The first kappa shape index (κ1) is 15.4. The van der Waals surface area contributed by atoms with Gasteiger partial charge in [0.15, 0.2) is 0 Å². The molecule has 1 N–H and O–H groups in total. The normalized spacial score (nSPS) is 12.3. The molecule has 1 aromatic rings. The van der Waals surface area contributed by atoms with Crippen molar-refractivity contribution in [1.82, 2.24) is 10.2 Å². The number of aliphatic hydroxyl groups excluding tert-OH is 1. The first-order valence-corrected chi connectivity index (χ1v) is 7.05. The van der Waals surface area contributed by atoms with Gasteiger partial charge >= 0.3 is 0 Å². The van der Waals surface area contributed by atoms with Crippen molar-refractivity contribution >= 4 is 22.6 Å². The van der Waals surface area contributed by atoms with Crippen molar-refractivity contribution in [2.24, 2.45) is 0 Å². The van der Waals surface area contributed by atoms with Crippen LogP contribution in [0.5, 0.6) is 11.8 Å². The van der Waals surface area contributed by atoms with Crippen LogP contribution in [0.1, 0.15) is 44.3 Å². The van der Waals surface area contributed by atoms with E-state index in [1.165, 1.54) is 14.2 Å². The van der Waals surface area contributed by atoms with Crippen LogP contribution in [0.4, 0.5) is 0 Å². The molecule has 0 fully saturated rings. The third kappa shape index (κ3) is 3.68. The van der Waals surface area contributed by atoms with Gasteiger partial charge in [0.25, 0.3) is 0 Å². The van der Waals surface area contributed by atoms with Crippen LogP contribution in [0.3, 0.4) is 0 Å². The van der Waals surface area contributed by atoms with Gasteiger partial charge in [0.1, 0.15) is 0 Å². The topological polar surface area (TPSA) is 64.5 Å². The van der Waals surface area contributed by atoms with Crippen LogP contribution in [0.25, 0.3) is 0 Å². The molecule has 5 nitrogen and oxygen atoms in total. The molecule has 0 saturated heterocycles. The molecule has 1 rings (SSSR count). The van der Waals surface area contributed by atoms with Crippen LogP contribution in [0.2, 0.25) is 0 Å². The van der Waals surface area contributed by atoms with Crippen LogP contribution in [0, 0.1) is 3.57 Å². The first-order valence-electron chi connectivity index (χ1n) is 5.97. The van der Waals surface area contributed by atoms with E-state index >= 15 is 0 Å². The first-order chi connectivity index (χ1) is 8.65. The highest BCUT2D eigenvalue weighted by molar-refractivity contribution is 14.1. The Morgan fingerprint density at radius 1 is 1.17 bits per heavy atom. The number of rotatable bonds is 7. The number of nitrogens with zero attached hydrogens (tertiary/aromatic N) is 2. The van der Waals surface area contributed by atoms with Gasteiger partial charge in [0, 0.05) is 0 Å². The summed E-state index contributed by atoms with van der Waals surface area (Å²) in [6, 6.07) is 0. The molecule has 1 heterocycles. The number of methoxy groups -OCH3 is 2. The van der Waals surface area contributed by atoms with Crippen molar-refractivity contribution in [2.45, 2.75) is 38.7 Å². The maximum absolute atomic E-state index is 10.3. The van der Waals surface area contributed by atoms with E-state index in [4.69, 9.17) is 9.47 Å². The van der Waals surface area contributed by atoms with Gasteiger partial charge in [-0.05, 0) is 29.0 Å². The van der Waals surface area contributed by atoms with E-state index in [2.05, 4.69) is 39.7 Å². The molecule has 1 unspecified atom stereocenters. The zero-order chi connectivity index (χ0) is 13.5. The minimum atomic E-state index is -0.595. The molecule has 0 aliphatic rings. The van der Waals surface area contributed by atoms with Gasteiger partial charge in [0.05, 0.1) is 29.5 Å². The van der Waals surface area contributed by atoms with Gasteiger partial charge < -0.3 is 14.6 Å². The van der Waals surface area contributed by atoms with Crippen molar-refractivity contribution in [3.8, 4) is 11.8 Å². The Hall–Kier alpha value is -0.630. The Kier molecular flexibility index (Phi) is 6.62. The zero-order valence-electron chi connectivity index (χ0n) is 10.9. The fourth-order valence-corrected chi connectivity index (χ4v) is 2.62. The fraction of sp³-hybridized carbons (Fsp3) is 0.667. The molecular formula is C12H19IN2O3. The lowest BCUT2D eigenvalue weighted by atomic mass is 10.0. The fourth-order valence-electron chi connectivity index (χ4n) is 1.70. The van der Waals surface area contributed by atoms with Crippen molar-refractivity contribution in [3.05, 3.63) is 9.13 Å². The third-order valence-electron chi connectivity index (χ3n) is 2.69. The van der Waals surface area contributed by atoms with Gasteiger partial charge in [-0.2, -0.15) is 0 Å². The number of aliphatic hydroxyl groups is 1. The molecule has 0 aromatic carbocycles. The van der Waals surface area contributed by atoms with Gasteiger partial charge in [-0.15, -0.1) is 10.2 Å². The van der Waals surface area contributed by atoms with E-state index in [1.807, 2.05) is 0 Å². The van der Waals surface area contributed by atoms with Crippen molar-refractivity contribution in [3.63, 3.8) is 0 Å². The summed E-state index contributed by atoms with van der Waals surface area (Å²) in [5.74, 6) is 0.783. The lowest BCUT2D eigenvalue weighted by Crippen LogP contribution is -2.08. The summed E-state index contributed by atoms with van der Waals surface area (Å²) >= 11 is 2.10. The van der Waals surface area contributed by atoms with E-state index in [0.29, 0.717) is 23.7 Å². The smallest absolute Gasteiger partial charge is 0.247 e. The highest BCUT2D eigenvalue weighted by Gasteiger charge is 2.22. The molecule has 1 aromatic heterocycles. The summed E-state index contributed by atoms with van der Waals surface area (Å²) in [6.45, 7) is 2.13. The Balaban J connectivity index is 2.96. The third-order valence-corrected chi connectivity index (χ3v) is 3.73. The second-order valence-corrected chi connectivity index (χ2v) is 5.04. The Labute approximate surface area is 121 Å². The van der Waals surface area contributed by atoms with Crippen LogP contribution in [-0.4, -0.2) is 29.5 Å². The summed E-state index contributed by atoms with van der Waals surface area (Å²) in [4.78, 5) is 0. The maximum Gasteiger partial charge on any atom is 0.247 e. The van der Waals surface area contributed by atoms with Crippen LogP contribution in [-0.2, 0) is 0 Å². The second kappa shape index (κ2) is 7.73. The Bertz CT molecular complexity index is 388. The van der Waals surface area contributed by atoms with E-state index in [-0.39, 0.29) is 0 Å². The van der Waals surface area contributed by atoms with Crippen molar-refractivity contribution < 1.29 is 14.6 Å². The van der Waals surface area contributed by atoms with Crippen LogP contribution >= 0.6 is 22.6 Å². The summed E-state index contributed by atoms with van der Waals surface area (Å²) < 4.78 is 11.0. The minimum Gasteiger partial charge on any atom is -0.480 e.